The minimum Gasteiger partial charge on any atom is -0.454 e. The van der Waals surface area contributed by atoms with Gasteiger partial charge in [0.1, 0.15) is 10.9 Å². The second-order valence-corrected chi connectivity index (χ2v) is 8.64. The first-order valence-corrected chi connectivity index (χ1v) is 11.5. The maximum atomic E-state index is 13.3. The molecular formula is C25H24N5O5+. The largest absolute Gasteiger partial charge is 0.454 e. The van der Waals surface area contributed by atoms with Gasteiger partial charge in [0.15, 0.2) is 11.5 Å². The van der Waals surface area contributed by atoms with E-state index in [-0.39, 0.29) is 42.3 Å². The van der Waals surface area contributed by atoms with Gasteiger partial charge in [0, 0.05) is 19.3 Å². The van der Waals surface area contributed by atoms with Gasteiger partial charge in [0.25, 0.3) is 17.1 Å². The van der Waals surface area contributed by atoms with Gasteiger partial charge in [0.2, 0.25) is 18.3 Å². The van der Waals surface area contributed by atoms with Gasteiger partial charge in [-0.15, -0.1) is 0 Å². The fourth-order valence-electron chi connectivity index (χ4n) is 4.59. The smallest absolute Gasteiger partial charge is 0.278 e. The normalized spacial score (nSPS) is 16.7. The first-order valence-electron chi connectivity index (χ1n) is 11.5. The van der Waals surface area contributed by atoms with Crippen LogP contribution in [0.4, 0.5) is 5.82 Å². The number of fused-ring (bicyclic) bond motifs is 3. The molecule has 1 fully saturated rings. The van der Waals surface area contributed by atoms with Crippen molar-refractivity contribution in [2.24, 2.45) is 0 Å². The number of anilines is 1. The third-order valence-electron chi connectivity index (χ3n) is 6.40. The van der Waals surface area contributed by atoms with Crippen molar-refractivity contribution in [3.8, 4) is 11.5 Å². The van der Waals surface area contributed by atoms with E-state index in [1.165, 1.54) is 10.5 Å². The molecule has 3 aromatic heterocycles. The van der Waals surface area contributed by atoms with Crippen LogP contribution < -0.4 is 30.7 Å². The molecule has 1 atom stereocenters. The number of carbonyl (C=O) groups excluding carboxylic acids is 1. The van der Waals surface area contributed by atoms with Crippen molar-refractivity contribution in [3.05, 3.63) is 70.1 Å². The highest BCUT2D eigenvalue weighted by Crippen LogP contribution is 2.32. The van der Waals surface area contributed by atoms with E-state index in [0.29, 0.717) is 41.3 Å². The van der Waals surface area contributed by atoms with E-state index in [1.807, 2.05) is 24.3 Å². The fourth-order valence-corrected chi connectivity index (χ4v) is 4.59. The number of rotatable bonds is 5. The highest BCUT2D eigenvalue weighted by Gasteiger charge is 2.27. The number of amides is 1. The Bertz CT molecular complexity index is 1530. The van der Waals surface area contributed by atoms with Crippen molar-refractivity contribution in [2.45, 2.75) is 32.0 Å². The average molecular weight is 474 g/mol. The third kappa shape index (κ3) is 3.81. The molecule has 0 bridgehead atoms. The molecule has 0 radical (unpaired) electrons. The zero-order chi connectivity index (χ0) is 23.9. The molecule has 0 saturated carbocycles. The van der Waals surface area contributed by atoms with Crippen LogP contribution in [0.2, 0.25) is 0 Å². The Morgan fingerprint density at radius 3 is 2.94 bits per heavy atom. The quantitative estimate of drug-likeness (QED) is 0.333. The maximum Gasteiger partial charge on any atom is 0.278 e. The van der Waals surface area contributed by atoms with Crippen LogP contribution >= 0.6 is 0 Å². The van der Waals surface area contributed by atoms with E-state index >= 15 is 0 Å². The van der Waals surface area contributed by atoms with Gasteiger partial charge in [-0.1, -0.05) is 17.1 Å². The van der Waals surface area contributed by atoms with Crippen molar-refractivity contribution in [1.29, 1.82) is 0 Å². The fraction of sp³-hybridized carbons (Fsp3) is 0.280. The molecule has 1 aromatic carbocycles. The van der Waals surface area contributed by atoms with Gasteiger partial charge in [-0.2, -0.15) is 0 Å². The van der Waals surface area contributed by atoms with Crippen molar-refractivity contribution >= 4 is 28.4 Å². The van der Waals surface area contributed by atoms with Crippen molar-refractivity contribution in [2.75, 3.05) is 19.1 Å². The molecule has 0 spiro atoms. The number of carbonyl (C=O) groups is 1. The number of hydrogen-bond donors (Lipinski definition) is 2. The van der Waals surface area contributed by atoms with Crippen LogP contribution in [0.15, 0.2) is 53.5 Å². The lowest BCUT2D eigenvalue weighted by Crippen LogP contribution is -2.46. The standard InChI is InChI=1S/C25H23N5O5/c26-22-17(24(31)27-12-15-6-7-19-20(10-15)35-14-34-19)11-18-23(30(22)13-16-4-3-9-33-16)28-21-5-1-2-8-29(21)25(18)32/h1-2,5-8,10-11,16,26H,3-4,9,12-14H2,(H,27,31)/p+1/t16-/m1/s1. The zero-order valence-electron chi connectivity index (χ0n) is 18.9. The number of nitrogens with two attached hydrogens (primary N) is 1. The lowest BCUT2D eigenvalue weighted by atomic mass is 10.1. The molecule has 2 aliphatic heterocycles. The first-order chi connectivity index (χ1) is 17.1. The molecular weight excluding hydrogens is 450 g/mol. The molecule has 10 heteroatoms. The molecule has 6 rings (SSSR count). The molecule has 1 saturated heterocycles. The third-order valence-corrected chi connectivity index (χ3v) is 6.40. The lowest BCUT2D eigenvalue weighted by Gasteiger charge is -2.15. The number of ether oxygens (including phenoxy) is 3. The maximum absolute atomic E-state index is 13.3. The predicted molar refractivity (Wildman–Crippen MR) is 126 cm³/mol. The summed E-state index contributed by atoms with van der Waals surface area (Å²) in [6.07, 6.45) is 3.43. The van der Waals surface area contributed by atoms with Crippen molar-refractivity contribution < 1.29 is 23.6 Å². The van der Waals surface area contributed by atoms with Crippen LogP contribution in [-0.4, -0.2) is 34.8 Å². The summed E-state index contributed by atoms with van der Waals surface area (Å²) in [5.74, 6) is 1.17. The predicted octanol–water partition coefficient (Wildman–Crippen LogP) is 1.56. The minimum atomic E-state index is -0.388. The highest BCUT2D eigenvalue weighted by atomic mass is 16.7. The van der Waals surface area contributed by atoms with Gasteiger partial charge >= 0.3 is 0 Å². The zero-order valence-corrected chi connectivity index (χ0v) is 18.9. The molecule has 35 heavy (non-hydrogen) atoms. The molecule has 5 heterocycles. The molecule has 178 valence electrons. The van der Waals surface area contributed by atoms with E-state index in [9.17, 15) is 9.59 Å². The highest BCUT2D eigenvalue weighted by molar-refractivity contribution is 6.00. The number of hydrogen-bond acceptors (Lipinski definition) is 7. The van der Waals surface area contributed by atoms with Gasteiger partial charge < -0.3 is 25.3 Å². The summed E-state index contributed by atoms with van der Waals surface area (Å²) < 4.78 is 19.8. The summed E-state index contributed by atoms with van der Waals surface area (Å²) in [4.78, 5) is 31.3. The van der Waals surface area contributed by atoms with E-state index in [0.717, 1.165) is 18.4 Å². The van der Waals surface area contributed by atoms with E-state index in [4.69, 9.17) is 24.9 Å². The summed E-state index contributed by atoms with van der Waals surface area (Å²) in [7, 11) is 0. The monoisotopic (exact) mass is 474 g/mol. The summed E-state index contributed by atoms with van der Waals surface area (Å²) in [5, 5.41) is 3.21. The molecule has 3 N–H and O–H groups in total. The molecule has 2 aliphatic rings. The first kappa shape index (κ1) is 21.4. The Kier molecular flexibility index (Phi) is 5.22. The van der Waals surface area contributed by atoms with Crippen LogP contribution in [0.25, 0.3) is 16.7 Å². The summed E-state index contributed by atoms with van der Waals surface area (Å²) in [6.45, 7) is 1.52. The lowest BCUT2D eigenvalue weighted by molar-refractivity contribution is -0.666. The summed E-state index contributed by atoms with van der Waals surface area (Å²) >= 11 is 0. The summed E-state index contributed by atoms with van der Waals surface area (Å²) in [6, 6.07) is 12.4. The Morgan fingerprint density at radius 1 is 1.20 bits per heavy atom. The van der Waals surface area contributed by atoms with Gasteiger partial charge in [-0.05, 0) is 48.7 Å². The van der Waals surface area contributed by atoms with Gasteiger partial charge in [-0.25, -0.2) is 4.57 Å². The van der Waals surface area contributed by atoms with Crippen molar-refractivity contribution in [1.82, 2.24) is 14.7 Å². The summed E-state index contributed by atoms with van der Waals surface area (Å²) in [5.41, 5.74) is 8.26. The van der Waals surface area contributed by atoms with Gasteiger partial charge in [-0.3, -0.25) is 14.0 Å². The SMILES string of the molecule is Nc1c(C(=O)NCc2ccc3c(c2)OCO3)cc2c(=O)n3ccccc3nc2[n+]1C[C@H]1CCCO1. The Balaban J connectivity index is 1.40. The Hall–Kier alpha value is -4.18. The average Bonchev–Trinajstić information content (AvgIpc) is 3.56. The van der Waals surface area contributed by atoms with Crippen LogP contribution in [0, 0.1) is 0 Å². The Labute approximate surface area is 199 Å². The second kappa shape index (κ2) is 8.55. The molecule has 1 amide bonds. The topological polar surface area (TPSA) is 121 Å². The van der Waals surface area contributed by atoms with Crippen molar-refractivity contribution in [3.63, 3.8) is 0 Å². The Morgan fingerprint density at radius 2 is 2.09 bits per heavy atom. The van der Waals surface area contributed by atoms with Crippen LogP contribution in [0.1, 0.15) is 28.8 Å². The van der Waals surface area contributed by atoms with Crippen LogP contribution in [-0.2, 0) is 17.8 Å². The van der Waals surface area contributed by atoms with E-state index in [2.05, 4.69) is 5.32 Å². The van der Waals surface area contributed by atoms with Crippen LogP contribution in [0.5, 0.6) is 11.5 Å². The number of pyridine rings is 2. The number of nitrogens with zero attached hydrogens (tertiary/aromatic N) is 3. The second-order valence-electron chi connectivity index (χ2n) is 8.64. The number of benzene rings is 1. The number of aromatic nitrogens is 3. The minimum absolute atomic E-state index is 0.0616. The number of nitrogen functional groups attached to an aromatic ring is 1. The molecule has 0 aliphatic carbocycles. The van der Waals surface area contributed by atoms with E-state index in [1.54, 1.807) is 22.9 Å². The van der Waals surface area contributed by atoms with Gasteiger partial charge in [0.05, 0.1) is 12.6 Å². The number of nitrogens with one attached hydrogen (secondary N) is 1. The van der Waals surface area contributed by atoms with E-state index < -0.39 is 0 Å². The molecule has 0 unspecified atom stereocenters. The molecule has 4 aromatic rings. The van der Waals surface area contributed by atoms with Crippen LogP contribution in [0.3, 0.4) is 0 Å². The molecule has 10 nitrogen and oxygen atoms in total.